The lowest BCUT2D eigenvalue weighted by Gasteiger charge is -2.43. The van der Waals surface area contributed by atoms with Crippen LogP contribution < -0.4 is 15.0 Å². The number of anilines is 1. The summed E-state index contributed by atoms with van der Waals surface area (Å²) < 4.78 is 5.88. The lowest BCUT2D eigenvalue weighted by atomic mass is 10.1. The Balaban J connectivity index is 1.65. The highest BCUT2D eigenvalue weighted by atomic mass is 16.5. The summed E-state index contributed by atoms with van der Waals surface area (Å²) in [6.07, 6.45) is 2.03. The summed E-state index contributed by atoms with van der Waals surface area (Å²) in [7, 11) is 0. The molecule has 3 rings (SSSR count). The van der Waals surface area contributed by atoms with Crippen molar-refractivity contribution in [3.8, 4) is 5.75 Å². The molecule has 0 spiro atoms. The number of ether oxygens (including phenoxy) is 1. The molecular weight excluding hydrogens is 252 g/mol. The Morgan fingerprint density at radius 1 is 1.25 bits per heavy atom. The lowest BCUT2D eigenvalue weighted by Crippen LogP contribution is -2.61. The molecule has 3 heterocycles. The zero-order valence-electron chi connectivity index (χ0n) is 12.4. The topological polar surface area (TPSA) is 40.6 Å². The molecule has 2 aliphatic rings. The maximum Gasteiger partial charge on any atom is 0.171 e. The van der Waals surface area contributed by atoms with E-state index in [1.165, 1.54) is 0 Å². The molecule has 0 amide bonds. The van der Waals surface area contributed by atoms with Gasteiger partial charge in [-0.1, -0.05) is 0 Å². The summed E-state index contributed by atoms with van der Waals surface area (Å²) in [5.74, 6) is 1.90. The van der Waals surface area contributed by atoms with Gasteiger partial charge in [-0.2, -0.15) is 0 Å². The van der Waals surface area contributed by atoms with Gasteiger partial charge in [-0.25, -0.2) is 4.98 Å². The second kappa shape index (κ2) is 5.97. The molecule has 0 radical (unpaired) electrons. The third kappa shape index (κ3) is 2.88. The minimum atomic E-state index is 0.181. The number of nitrogens with one attached hydrogen (secondary N) is 1. The second-order valence-corrected chi connectivity index (χ2v) is 5.83. The number of piperazine rings is 1. The molecule has 2 aliphatic heterocycles. The van der Waals surface area contributed by atoms with Crippen molar-refractivity contribution in [2.45, 2.75) is 26.0 Å². The van der Waals surface area contributed by atoms with Crippen molar-refractivity contribution in [3.05, 3.63) is 18.3 Å². The van der Waals surface area contributed by atoms with Crippen molar-refractivity contribution < 1.29 is 4.74 Å². The lowest BCUT2D eigenvalue weighted by molar-refractivity contribution is 0.137. The van der Waals surface area contributed by atoms with Gasteiger partial charge in [-0.15, -0.1) is 0 Å². The summed E-state index contributed by atoms with van der Waals surface area (Å²) in [6.45, 7) is 10.7. The molecular formula is C15H24N4O. The van der Waals surface area contributed by atoms with Crippen LogP contribution in [0.3, 0.4) is 0 Å². The number of aromatic nitrogens is 1. The van der Waals surface area contributed by atoms with Crippen molar-refractivity contribution in [1.82, 2.24) is 15.2 Å². The molecule has 2 saturated heterocycles. The van der Waals surface area contributed by atoms with Crippen molar-refractivity contribution in [2.75, 3.05) is 44.2 Å². The molecule has 2 fully saturated rings. The van der Waals surface area contributed by atoms with Gasteiger partial charge in [0.15, 0.2) is 11.6 Å². The first-order chi connectivity index (χ1) is 9.74. The fourth-order valence-electron chi connectivity index (χ4n) is 2.80. The van der Waals surface area contributed by atoms with E-state index >= 15 is 0 Å². The smallest absolute Gasteiger partial charge is 0.171 e. The number of hydrogen-bond acceptors (Lipinski definition) is 5. The van der Waals surface area contributed by atoms with Crippen LogP contribution in [0.4, 0.5) is 5.82 Å². The van der Waals surface area contributed by atoms with Crippen LogP contribution in [-0.2, 0) is 0 Å². The maximum atomic E-state index is 5.88. The first-order valence-corrected chi connectivity index (χ1v) is 7.55. The van der Waals surface area contributed by atoms with Crippen LogP contribution in [0.25, 0.3) is 0 Å². The molecule has 110 valence electrons. The largest absolute Gasteiger partial charge is 0.487 e. The Bertz CT molecular complexity index is 439. The van der Waals surface area contributed by atoms with E-state index in [0.717, 1.165) is 56.9 Å². The molecule has 1 aromatic rings. The molecule has 0 aliphatic carbocycles. The molecule has 1 N–H and O–H groups in total. The average molecular weight is 276 g/mol. The monoisotopic (exact) mass is 276 g/mol. The third-order valence-electron chi connectivity index (χ3n) is 4.00. The number of pyridine rings is 1. The Hall–Kier alpha value is -1.33. The van der Waals surface area contributed by atoms with Gasteiger partial charge >= 0.3 is 0 Å². The summed E-state index contributed by atoms with van der Waals surface area (Å²) >= 11 is 0. The summed E-state index contributed by atoms with van der Waals surface area (Å²) in [6, 6.07) is 4.70. The first-order valence-electron chi connectivity index (χ1n) is 7.55. The molecule has 20 heavy (non-hydrogen) atoms. The quantitative estimate of drug-likeness (QED) is 0.887. The van der Waals surface area contributed by atoms with E-state index in [9.17, 15) is 0 Å². The van der Waals surface area contributed by atoms with Gasteiger partial charge in [0.1, 0.15) is 0 Å². The highest BCUT2D eigenvalue weighted by molar-refractivity contribution is 5.52. The average Bonchev–Trinajstić information content (AvgIpc) is 2.38. The fourth-order valence-corrected chi connectivity index (χ4v) is 2.80. The molecule has 0 saturated carbocycles. The van der Waals surface area contributed by atoms with Gasteiger partial charge in [0, 0.05) is 51.5 Å². The van der Waals surface area contributed by atoms with Crippen molar-refractivity contribution in [3.63, 3.8) is 0 Å². The Kier molecular flexibility index (Phi) is 4.08. The first kappa shape index (κ1) is 13.6. The van der Waals surface area contributed by atoms with Crippen LogP contribution in [0, 0.1) is 0 Å². The van der Waals surface area contributed by atoms with Crippen LogP contribution in [0.5, 0.6) is 5.75 Å². The highest BCUT2D eigenvalue weighted by Gasteiger charge is 2.28. The predicted octanol–water partition coefficient (Wildman–Crippen LogP) is 0.963. The molecule has 0 atom stereocenters. The normalized spacial score (nSPS) is 21.1. The van der Waals surface area contributed by atoms with E-state index in [0.29, 0.717) is 0 Å². The molecule has 5 nitrogen and oxygen atoms in total. The van der Waals surface area contributed by atoms with E-state index in [1.54, 1.807) is 0 Å². The highest BCUT2D eigenvalue weighted by Crippen LogP contribution is 2.27. The Morgan fingerprint density at radius 2 is 2.00 bits per heavy atom. The van der Waals surface area contributed by atoms with E-state index in [-0.39, 0.29) is 6.10 Å². The van der Waals surface area contributed by atoms with E-state index in [1.807, 2.05) is 18.3 Å². The van der Waals surface area contributed by atoms with Gasteiger partial charge in [-0.05, 0) is 26.0 Å². The molecule has 0 bridgehead atoms. The van der Waals surface area contributed by atoms with Crippen LogP contribution in [0.1, 0.15) is 13.8 Å². The fraction of sp³-hybridized carbons (Fsp3) is 0.667. The Morgan fingerprint density at radius 3 is 2.60 bits per heavy atom. The summed E-state index contributed by atoms with van der Waals surface area (Å²) in [5.41, 5.74) is 0. The zero-order chi connectivity index (χ0) is 13.9. The molecule has 0 aromatic carbocycles. The third-order valence-corrected chi connectivity index (χ3v) is 4.00. The summed E-state index contributed by atoms with van der Waals surface area (Å²) in [5, 5.41) is 3.34. The van der Waals surface area contributed by atoms with E-state index in [2.05, 4.69) is 33.9 Å². The minimum absolute atomic E-state index is 0.181. The van der Waals surface area contributed by atoms with Gasteiger partial charge in [0.25, 0.3) is 0 Å². The van der Waals surface area contributed by atoms with Crippen LogP contribution in [0.15, 0.2) is 18.3 Å². The van der Waals surface area contributed by atoms with Crippen LogP contribution in [-0.4, -0.2) is 61.3 Å². The summed E-state index contributed by atoms with van der Waals surface area (Å²) in [4.78, 5) is 9.46. The van der Waals surface area contributed by atoms with Gasteiger partial charge in [0.05, 0.1) is 6.10 Å². The van der Waals surface area contributed by atoms with Gasteiger partial charge in [0.2, 0.25) is 0 Å². The van der Waals surface area contributed by atoms with Gasteiger partial charge in [-0.3, -0.25) is 4.90 Å². The number of nitrogens with zero attached hydrogens (tertiary/aromatic N) is 3. The van der Waals surface area contributed by atoms with Crippen LogP contribution >= 0.6 is 0 Å². The van der Waals surface area contributed by atoms with Crippen molar-refractivity contribution in [2.24, 2.45) is 0 Å². The zero-order valence-corrected chi connectivity index (χ0v) is 12.4. The van der Waals surface area contributed by atoms with E-state index < -0.39 is 0 Å². The number of rotatable bonds is 4. The standard InChI is InChI=1S/C15H24N4O/c1-12(2)20-14-4-3-5-17-15(14)19-8-6-18(7-9-19)13-10-16-11-13/h3-5,12-13,16H,6-11H2,1-2H3. The number of hydrogen-bond donors (Lipinski definition) is 1. The minimum Gasteiger partial charge on any atom is -0.487 e. The van der Waals surface area contributed by atoms with Gasteiger partial charge < -0.3 is 15.0 Å². The molecule has 1 aromatic heterocycles. The van der Waals surface area contributed by atoms with Crippen LogP contribution in [0.2, 0.25) is 0 Å². The second-order valence-electron chi connectivity index (χ2n) is 5.83. The molecule has 5 heteroatoms. The van der Waals surface area contributed by atoms with Crippen molar-refractivity contribution >= 4 is 5.82 Å². The Labute approximate surface area is 120 Å². The maximum absolute atomic E-state index is 5.88. The predicted molar refractivity (Wildman–Crippen MR) is 80.4 cm³/mol. The van der Waals surface area contributed by atoms with E-state index in [4.69, 9.17) is 4.74 Å². The van der Waals surface area contributed by atoms with Crippen molar-refractivity contribution in [1.29, 1.82) is 0 Å². The SMILES string of the molecule is CC(C)Oc1cccnc1N1CCN(C2CNC2)CC1. The molecule has 0 unspecified atom stereocenters.